The van der Waals surface area contributed by atoms with E-state index >= 15 is 0 Å². The molecule has 0 amide bonds. The van der Waals surface area contributed by atoms with Gasteiger partial charge in [-0.25, -0.2) is 0 Å². The predicted molar refractivity (Wildman–Crippen MR) is 70.4 cm³/mol. The van der Waals surface area contributed by atoms with E-state index in [1.54, 1.807) is 0 Å². The van der Waals surface area contributed by atoms with Crippen molar-refractivity contribution < 1.29 is 9.53 Å². The summed E-state index contributed by atoms with van der Waals surface area (Å²) in [5.41, 5.74) is 0.609. The Bertz CT molecular complexity index is 242. The first-order valence-electron chi connectivity index (χ1n) is 6.52. The Labute approximate surface area is 110 Å². The average molecular weight is 262 g/mol. The molecule has 1 saturated heterocycles. The molecule has 1 N–H and O–H groups in total. The van der Waals surface area contributed by atoms with Gasteiger partial charge in [0, 0.05) is 6.42 Å². The van der Waals surface area contributed by atoms with Crippen LogP contribution in [0.4, 0.5) is 0 Å². The molecule has 100 valence electrons. The maximum atomic E-state index is 11.2. The second-order valence-corrected chi connectivity index (χ2v) is 5.47. The number of hydrogen-bond acceptors (Lipinski definition) is 3. The summed E-state index contributed by atoms with van der Waals surface area (Å²) < 4.78 is 4.74. The van der Waals surface area contributed by atoms with Gasteiger partial charge >= 0.3 is 5.97 Å². The Kier molecular flexibility index (Phi) is 5.74. The number of halogens is 1. The van der Waals surface area contributed by atoms with Gasteiger partial charge < -0.3 is 10.1 Å². The molecular formula is C13H24ClNO2. The minimum atomic E-state index is -0.0359. The number of rotatable bonds is 2. The topological polar surface area (TPSA) is 38.3 Å². The third-order valence-corrected chi connectivity index (χ3v) is 4.51. The summed E-state index contributed by atoms with van der Waals surface area (Å²) in [6.45, 7) is 2.36. The standard InChI is InChI=1S/C13H23NO2.ClH/c1-16-12(15)10-11-2-4-13(5-3-11)6-8-14-9-7-13;/h11,14H,2-10H2,1H3;1H. The largest absolute Gasteiger partial charge is 0.469 e. The number of carbonyl (C=O) groups excluding carboxylic acids is 1. The number of carbonyl (C=O) groups is 1. The number of nitrogens with one attached hydrogen (secondary N) is 1. The molecule has 2 aliphatic rings. The van der Waals surface area contributed by atoms with Gasteiger partial charge in [-0.15, -0.1) is 12.4 Å². The van der Waals surface area contributed by atoms with Gasteiger partial charge in [0.2, 0.25) is 0 Å². The van der Waals surface area contributed by atoms with Crippen molar-refractivity contribution >= 4 is 18.4 Å². The van der Waals surface area contributed by atoms with E-state index in [1.165, 1.54) is 58.7 Å². The molecular weight excluding hydrogens is 238 g/mol. The highest BCUT2D eigenvalue weighted by Crippen LogP contribution is 2.45. The van der Waals surface area contributed by atoms with Crippen LogP contribution in [0.2, 0.25) is 0 Å². The molecule has 17 heavy (non-hydrogen) atoms. The summed E-state index contributed by atoms with van der Waals surface area (Å²) in [6.07, 6.45) is 8.36. The Morgan fingerprint density at radius 1 is 1.24 bits per heavy atom. The second kappa shape index (κ2) is 6.60. The molecule has 2 rings (SSSR count). The van der Waals surface area contributed by atoms with Crippen LogP contribution < -0.4 is 5.32 Å². The zero-order valence-electron chi connectivity index (χ0n) is 10.7. The van der Waals surface area contributed by atoms with Crippen LogP contribution in [0.25, 0.3) is 0 Å². The number of methoxy groups -OCH3 is 1. The van der Waals surface area contributed by atoms with Crippen LogP contribution >= 0.6 is 12.4 Å². The quantitative estimate of drug-likeness (QED) is 0.777. The molecule has 0 aromatic heterocycles. The SMILES string of the molecule is COC(=O)CC1CCC2(CCNCC2)CC1.Cl. The highest BCUT2D eigenvalue weighted by molar-refractivity contribution is 5.85. The van der Waals surface area contributed by atoms with Crippen molar-refractivity contribution in [3.63, 3.8) is 0 Å². The van der Waals surface area contributed by atoms with Gasteiger partial charge in [0.25, 0.3) is 0 Å². The van der Waals surface area contributed by atoms with Crippen molar-refractivity contribution in [1.29, 1.82) is 0 Å². The van der Waals surface area contributed by atoms with Crippen molar-refractivity contribution in [2.45, 2.75) is 44.9 Å². The Morgan fingerprint density at radius 3 is 2.35 bits per heavy atom. The number of esters is 1. The fraction of sp³-hybridized carbons (Fsp3) is 0.923. The Hall–Kier alpha value is -0.280. The van der Waals surface area contributed by atoms with E-state index in [4.69, 9.17) is 4.74 Å². The fourth-order valence-corrected chi connectivity index (χ4v) is 3.27. The molecule has 1 aliphatic heterocycles. The van der Waals surface area contributed by atoms with Crippen molar-refractivity contribution in [3.05, 3.63) is 0 Å². The van der Waals surface area contributed by atoms with E-state index in [9.17, 15) is 4.79 Å². The first kappa shape index (κ1) is 14.8. The highest BCUT2D eigenvalue weighted by Gasteiger charge is 2.36. The van der Waals surface area contributed by atoms with E-state index in [2.05, 4.69) is 5.32 Å². The summed E-state index contributed by atoms with van der Waals surface area (Å²) in [7, 11) is 1.49. The predicted octanol–water partition coefficient (Wildman–Crippen LogP) is 2.53. The minimum Gasteiger partial charge on any atom is -0.469 e. The lowest BCUT2D eigenvalue weighted by molar-refractivity contribution is -0.142. The van der Waals surface area contributed by atoms with E-state index in [-0.39, 0.29) is 18.4 Å². The number of hydrogen-bond donors (Lipinski definition) is 1. The Morgan fingerprint density at radius 2 is 1.82 bits per heavy atom. The molecule has 4 heteroatoms. The Balaban J connectivity index is 0.00000144. The third-order valence-electron chi connectivity index (χ3n) is 4.51. The van der Waals surface area contributed by atoms with Crippen LogP contribution in [-0.4, -0.2) is 26.2 Å². The normalized spacial score (nSPS) is 24.1. The monoisotopic (exact) mass is 261 g/mol. The van der Waals surface area contributed by atoms with Crippen molar-refractivity contribution in [3.8, 4) is 0 Å². The lowest BCUT2D eigenvalue weighted by atomic mass is 9.65. The smallest absolute Gasteiger partial charge is 0.305 e. The number of piperidine rings is 1. The van der Waals surface area contributed by atoms with Gasteiger partial charge in [-0.05, 0) is 62.9 Å². The maximum Gasteiger partial charge on any atom is 0.305 e. The van der Waals surface area contributed by atoms with Gasteiger partial charge in [-0.3, -0.25) is 4.79 Å². The molecule has 0 atom stereocenters. The summed E-state index contributed by atoms with van der Waals surface area (Å²) >= 11 is 0. The molecule has 1 spiro atoms. The number of ether oxygens (including phenoxy) is 1. The molecule has 0 aromatic carbocycles. The lowest BCUT2D eigenvalue weighted by Gasteiger charge is -2.43. The van der Waals surface area contributed by atoms with E-state index in [1.807, 2.05) is 0 Å². The molecule has 1 heterocycles. The molecule has 0 bridgehead atoms. The molecule has 1 saturated carbocycles. The summed E-state index contributed by atoms with van der Waals surface area (Å²) in [6, 6.07) is 0. The fourth-order valence-electron chi connectivity index (χ4n) is 3.27. The van der Waals surface area contributed by atoms with Crippen LogP contribution in [0.15, 0.2) is 0 Å². The van der Waals surface area contributed by atoms with Crippen molar-refractivity contribution in [2.75, 3.05) is 20.2 Å². The van der Waals surface area contributed by atoms with Crippen LogP contribution in [0, 0.1) is 11.3 Å². The average Bonchev–Trinajstić information content (AvgIpc) is 2.33. The maximum absolute atomic E-state index is 11.2. The molecule has 0 unspecified atom stereocenters. The second-order valence-electron chi connectivity index (χ2n) is 5.47. The van der Waals surface area contributed by atoms with Crippen LogP contribution in [0.1, 0.15) is 44.9 Å². The summed E-state index contributed by atoms with van der Waals surface area (Å²) in [5.74, 6) is 0.541. The molecule has 1 aliphatic carbocycles. The van der Waals surface area contributed by atoms with E-state index in [0.29, 0.717) is 17.8 Å². The van der Waals surface area contributed by atoms with E-state index < -0.39 is 0 Å². The first-order valence-corrected chi connectivity index (χ1v) is 6.52. The highest BCUT2D eigenvalue weighted by atomic mass is 35.5. The van der Waals surface area contributed by atoms with Gasteiger partial charge in [0.15, 0.2) is 0 Å². The third kappa shape index (κ3) is 3.85. The van der Waals surface area contributed by atoms with Crippen molar-refractivity contribution in [1.82, 2.24) is 5.32 Å². The van der Waals surface area contributed by atoms with Crippen LogP contribution in [-0.2, 0) is 9.53 Å². The summed E-state index contributed by atoms with van der Waals surface area (Å²) in [4.78, 5) is 11.2. The van der Waals surface area contributed by atoms with Crippen molar-refractivity contribution in [2.24, 2.45) is 11.3 Å². The lowest BCUT2D eigenvalue weighted by Crippen LogP contribution is -2.39. The summed E-state index contributed by atoms with van der Waals surface area (Å²) in [5, 5.41) is 3.43. The molecule has 2 fully saturated rings. The van der Waals surface area contributed by atoms with Gasteiger partial charge in [0.05, 0.1) is 7.11 Å². The zero-order chi connectivity index (χ0) is 11.4. The molecule has 0 aromatic rings. The molecule has 3 nitrogen and oxygen atoms in total. The van der Waals surface area contributed by atoms with Crippen LogP contribution in [0.3, 0.4) is 0 Å². The van der Waals surface area contributed by atoms with Gasteiger partial charge in [0.1, 0.15) is 0 Å². The van der Waals surface area contributed by atoms with Crippen LogP contribution in [0.5, 0.6) is 0 Å². The molecule has 0 radical (unpaired) electrons. The van der Waals surface area contributed by atoms with Gasteiger partial charge in [-0.1, -0.05) is 0 Å². The minimum absolute atomic E-state index is 0. The zero-order valence-corrected chi connectivity index (χ0v) is 11.5. The van der Waals surface area contributed by atoms with E-state index in [0.717, 1.165) is 0 Å². The first-order chi connectivity index (χ1) is 7.74. The van der Waals surface area contributed by atoms with Gasteiger partial charge in [-0.2, -0.15) is 0 Å².